The van der Waals surface area contributed by atoms with Crippen molar-refractivity contribution in [2.45, 2.75) is 49.7 Å². The molecule has 226 valence electrons. The highest BCUT2D eigenvalue weighted by molar-refractivity contribution is 7.92. The number of fused-ring (bicyclic) bond motifs is 3. The van der Waals surface area contributed by atoms with Crippen molar-refractivity contribution in [3.05, 3.63) is 94.0 Å². The third-order valence-electron chi connectivity index (χ3n) is 8.93. The highest BCUT2D eigenvalue weighted by Gasteiger charge is 2.48. The fourth-order valence-electron chi connectivity index (χ4n) is 6.55. The van der Waals surface area contributed by atoms with Gasteiger partial charge in [-0.1, -0.05) is 23.7 Å². The summed E-state index contributed by atoms with van der Waals surface area (Å²) >= 11 is 6.08. The Morgan fingerprint density at radius 2 is 1.88 bits per heavy atom. The molecule has 9 nitrogen and oxygen atoms in total. The molecule has 1 aromatic heterocycles. The summed E-state index contributed by atoms with van der Waals surface area (Å²) in [4.78, 5) is 33.4. The van der Waals surface area contributed by atoms with Crippen LogP contribution in [0.5, 0.6) is 0 Å². The van der Waals surface area contributed by atoms with E-state index in [1.165, 1.54) is 22.5 Å². The van der Waals surface area contributed by atoms with E-state index in [1.54, 1.807) is 29.4 Å². The first-order chi connectivity index (χ1) is 20.5. The molecule has 3 aliphatic rings. The van der Waals surface area contributed by atoms with Crippen LogP contribution in [-0.2, 0) is 44.4 Å². The second-order valence-electron chi connectivity index (χ2n) is 11.7. The van der Waals surface area contributed by atoms with Crippen molar-refractivity contribution in [3.63, 3.8) is 0 Å². The number of aromatic nitrogens is 1. The van der Waals surface area contributed by atoms with Crippen molar-refractivity contribution in [2.24, 2.45) is 0 Å². The van der Waals surface area contributed by atoms with Gasteiger partial charge in [0.1, 0.15) is 11.9 Å². The van der Waals surface area contributed by atoms with Gasteiger partial charge >= 0.3 is 0 Å². The third kappa shape index (κ3) is 5.98. The zero-order valence-corrected chi connectivity index (χ0v) is 25.3. The van der Waals surface area contributed by atoms with E-state index >= 15 is 0 Å². The predicted octanol–water partition coefficient (Wildman–Crippen LogP) is 2.96. The first-order valence-corrected chi connectivity index (χ1v) is 16.5. The topological polar surface area (TPSA) is 112 Å². The van der Waals surface area contributed by atoms with Crippen LogP contribution < -0.4 is 14.9 Å². The molecular weight excluding hydrogens is 593 g/mol. The Labute approximate surface area is 255 Å². The lowest BCUT2D eigenvalue weighted by Gasteiger charge is -2.41. The SMILES string of the molecule is CS(=O)(=O)N1CC2(CCN(C(=O)[C@@H](Cc3ccc(Cl)cc3)NC(=O)C3Cc4ccncc4CN3)CC2)c2cc(F)ccc21. The average Bonchev–Trinajstić information content (AvgIpc) is 3.31. The first kappa shape index (κ1) is 29.5. The number of anilines is 1. The zero-order chi connectivity index (χ0) is 30.4. The molecule has 43 heavy (non-hydrogen) atoms. The lowest BCUT2D eigenvalue weighted by atomic mass is 9.74. The number of carbonyl (C=O) groups excluding carboxylic acids is 2. The number of sulfonamides is 1. The van der Waals surface area contributed by atoms with Crippen LogP contribution in [0.4, 0.5) is 10.1 Å². The maximum absolute atomic E-state index is 14.3. The van der Waals surface area contributed by atoms with Gasteiger partial charge in [0.25, 0.3) is 0 Å². The fraction of sp³-hybridized carbons (Fsp3) is 0.387. The van der Waals surface area contributed by atoms with Crippen LogP contribution in [0.1, 0.15) is 35.1 Å². The Kier molecular flexibility index (Phi) is 7.91. The summed E-state index contributed by atoms with van der Waals surface area (Å²) in [5.74, 6) is -0.892. The summed E-state index contributed by atoms with van der Waals surface area (Å²) in [6.45, 7) is 1.42. The van der Waals surface area contributed by atoms with Gasteiger partial charge in [-0.2, -0.15) is 0 Å². The summed E-state index contributed by atoms with van der Waals surface area (Å²) in [7, 11) is -3.56. The minimum absolute atomic E-state index is 0.210. The summed E-state index contributed by atoms with van der Waals surface area (Å²) in [6.07, 6.45) is 6.37. The molecule has 1 unspecified atom stereocenters. The van der Waals surface area contributed by atoms with E-state index in [2.05, 4.69) is 15.6 Å². The number of nitrogens with zero attached hydrogens (tertiary/aromatic N) is 3. The predicted molar refractivity (Wildman–Crippen MR) is 162 cm³/mol. The molecule has 0 radical (unpaired) electrons. The van der Waals surface area contributed by atoms with Gasteiger partial charge in [0.2, 0.25) is 21.8 Å². The number of nitrogens with one attached hydrogen (secondary N) is 2. The maximum atomic E-state index is 14.3. The molecule has 1 saturated heterocycles. The number of rotatable bonds is 6. The highest BCUT2D eigenvalue weighted by atomic mass is 35.5. The van der Waals surface area contributed by atoms with E-state index < -0.39 is 33.3 Å². The Hall–Kier alpha value is -3.54. The van der Waals surface area contributed by atoms with Gasteiger partial charge < -0.3 is 15.5 Å². The first-order valence-electron chi connectivity index (χ1n) is 14.3. The van der Waals surface area contributed by atoms with Crippen molar-refractivity contribution in [1.82, 2.24) is 20.5 Å². The molecule has 0 saturated carbocycles. The van der Waals surface area contributed by atoms with Crippen molar-refractivity contribution in [3.8, 4) is 0 Å². The molecule has 12 heteroatoms. The number of halogens is 2. The Bertz CT molecular complexity index is 1660. The Morgan fingerprint density at radius 3 is 2.60 bits per heavy atom. The zero-order valence-electron chi connectivity index (χ0n) is 23.7. The van der Waals surface area contributed by atoms with Crippen LogP contribution >= 0.6 is 11.6 Å². The molecule has 0 bridgehead atoms. The van der Waals surface area contributed by atoms with Crippen LogP contribution in [0.15, 0.2) is 60.9 Å². The van der Waals surface area contributed by atoms with E-state index in [9.17, 15) is 22.4 Å². The molecule has 1 spiro atoms. The molecule has 2 aromatic carbocycles. The van der Waals surface area contributed by atoms with Gasteiger partial charge in [0.05, 0.1) is 18.0 Å². The number of likely N-dealkylation sites (tertiary alicyclic amines) is 1. The molecule has 6 rings (SSSR count). The number of amides is 2. The number of benzene rings is 2. The second kappa shape index (κ2) is 11.5. The standard InChI is InChI=1S/C31H33ClFN5O4S/c1-43(41,42)38-19-31(25-16-24(33)6-7-28(25)38)9-12-37(13-10-31)30(40)27(14-20-2-4-23(32)5-3-20)36-29(39)26-15-21-8-11-34-17-22(21)18-35-26/h2-8,11,16-17,26-27,35H,9-10,12-15,18-19H2,1H3,(H,36,39)/t26?,27-/m1/s1. The van der Waals surface area contributed by atoms with E-state index in [-0.39, 0.29) is 24.8 Å². The van der Waals surface area contributed by atoms with Gasteiger partial charge in [0.15, 0.2) is 0 Å². The summed E-state index contributed by atoms with van der Waals surface area (Å²) in [6, 6.07) is 12.0. The number of carbonyl (C=O) groups is 2. The minimum Gasteiger partial charge on any atom is -0.343 e. The molecule has 3 aliphatic heterocycles. The van der Waals surface area contributed by atoms with Crippen LogP contribution in [0.2, 0.25) is 5.02 Å². The number of pyridine rings is 1. The molecule has 4 heterocycles. The molecule has 3 aromatic rings. The van der Waals surface area contributed by atoms with Crippen LogP contribution in [0.25, 0.3) is 0 Å². The fourth-order valence-corrected chi connectivity index (χ4v) is 7.67. The third-order valence-corrected chi connectivity index (χ3v) is 10.3. The normalized spacial score (nSPS) is 19.9. The Morgan fingerprint density at radius 1 is 1.14 bits per heavy atom. The molecule has 2 atom stereocenters. The smallest absolute Gasteiger partial charge is 0.245 e. The quantitative estimate of drug-likeness (QED) is 0.436. The van der Waals surface area contributed by atoms with Gasteiger partial charge in [-0.05, 0) is 77.9 Å². The van der Waals surface area contributed by atoms with Gasteiger partial charge in [-0.3, -0.25) is 18.9 Å². The van der Waals surface area contributed by atoms with Crippen LogP contribution in [0, 0.1) is 5.82 Å². The minimum atomic E-state index is -3.56. The lowest BCUT2D eigenvalue weighted by Crippen LogP contribution is -2.57. The van der Waals surface area contributed by atoms with Crippen LogP contribution in [-0.4, -0.2) is 68.1 Å². The van der Waals surface area contributed by atoms with Gasteiger partial charge in [-0.15, -0.1) is 0 Å². The summed E-state index contributed by atoms with van der Waals surface area (Å²) < 4.78 is 40.8. The van der Waals surface area contributed by atoms with Crippen molar-refractivity contribution < 1.29 is 22.4 Å². The Balaban J connectivity index is 1.20. The molecule has 1 fully saturated rings. The molecule has 0 aliphatic carbocycles. The molecule has 2 amide bonds. The van der Waals surface area contributed by atoms with E-state index in [0.717, 1.165) is 22.9 Å². The van der Waals surface area contributed by atoms with Crippen molar-refractivity contribution >= 4 is 39.1 Å². The summed E-state index contributed by atoms with van der Waals surface area (Å²) in [5, 5.41) is 6.84. The largest absolute Gasteiger partial charge is 0.343 e. The molecule has 2 N–H and O–H groups in total. The average molecular weight is 626 g/mol. The number of piperidine rings is 1. The summed E-state index contributed by atoms with van der Waals surface area (Å²) in [5.41, 5.74) is 3.51. The second-order valence-corrected chi connectivity index (χ2v) is 14.1. The molecular formula is C31H33ClFN5O4S. The van der Waals surface area contributed by atoms with E-state index in [4.69, 9.17) is 11.6 Å². The number of hydrogen-bond acceptors (Lipinski definition) is 6. The van der Waals surface area contributed by atoms with E-state index in [1.807, 2.05) is 18.2 Å². The van der Waals surface area contributed by atoms with Gasteiger partial charge in [-0.25, -0.2) is 12.8 Å². The highest BCUT2D eigenvalue weighted by Crippen LogP contribution is 2.48. The van der Waals surface area contributed by atoms with Gasteiger partial charge in [0, 0.05) is 55.4 Å². The monoisotopic (exact) mass is 625 g/mol. The maximum Gasteiger partial charge on any atom is 0.245 e. The van der Waals surface area contributed by atoms with E-state index in [0.29, 0.717) is 55.2 Å². The van der Waals surface area contributed by atoms with Crippen molar-refractivity contribution in [1.29, 1.82) is 0 Å². The van der Waals surface area contributed by atoms with Crippen molar-refractivity contribution in [2.75, 3.05) is 30.2 Å². The number of hydrogen-bond donors (Lipinski definition) is 2. The van der Waals surface area contributed by atoms with Crippen LogP contribution in [0.3, 0.4) is 0 Å². The lowest BCUT2D eigenvalue weighted by molar-refractivity contribution is -0.138.